The molecule has 0 amide bonds. The fraction of sp³-hybridized carbons (Fsp3) is 0. The first kappa shape index (κ1) is 27.6. The van der Waals surface area contributed by atoms with E-state index in [4.69, 9.17) is 4.74 Å². The van der Waals surface area contributed by atoms with Crippen LogP contribution in [0, 0.1) is 0 Å². The Balaban J connectivity index is 1.15. The average molecular weight is 657 g/mol. The second-order valence-electron chi connectivity index (χ2n) is 12.9. The van der Waals surface area contributed by atoms with Crippen LogP contribution in [0.1, 0.15) is 0 Å². The topological polar surface area (TPSA) is 17.4 Å². The molecule has 3 heterocycles. The smallest absolute Gasteiger partial charge is 0.137 e. The number of fused-ring (bicyclic) bond motifs is 8. The molecule has 0 spiro atoms. The van der Waals surface area contributed by atoms with E-state index >= 15 is 0 Å². The molecule has 3 nitrogen and oxygen atoms in total. The van der Waals surface area contributed by atoms with Crippen LogP contribution < -0.4 is 9.64 Å². The van der Waals surface area contributed by atoms with Crippen LogP contribution in [-0.2, 0) is 0 Å². The Kier molecular flexibility index (Phi) is 5.83. The van der Waals surface area contributed by atoms with Crippen LogP contribution in [0.3, 0.4) is 0 Å². The van der Waals surface area contributed by atoms with Crippen LogP contribution in [-0.4, -0.2) is 4.57 Å². The molecule has 0 aliphatic carbocycles. The summed E-state index contributed by atoms with van der Waals surface area (Å²) in [7, 11) is 0. The van der Waals surface area contributed by atoms with Crippen molar-refractivity contribution in [3.63, 3.8) is 0 Å². The molecule has 1 aliphatic heterocycles. The number of hydrogen-bond donors (Lipinski definition) is 0. The molecular weight excluding hydrogens is 629 g/mol. The maximum Gasteiger partial charge on any atom is 0.137 e. The molecule has 0 N–H and O–H groups in total. The zero-order chi connectivity index (χ0) is 32.8. The maximum atomic E-state index is 6.68. The zero-order valence-electron chi connectivity index (χ0n) is 26.9. The van der Waals surface area contributed by atoms with Crippen molar-refractivity contribution in [3.05, 3.63) is 170 Å². The van der Waals surface area contributed by atoms with Gasteiger partial charge in [-0.1, -0.05) is 84.9 Å². The van der Waals surface area contributed by atoms with Gasteiger partial charge in [0.1, 0.15) is 11.5 Å². The minimum Gasteiger partial charge on any atom is -0.456 e. The zero-order valence-corrected chi connectivity index (χ0v) is 27.7. The van der Waals surface area contributed by atoms with Crippen LogP contribution in [0.5, 0.6) is 11.5 Å². The summed E-state index contributed by atoms with van der Waals surface area (Å²) in [5.74, 6) is 1.76. The van der Waals surface area contributed by atoms with Gasteiger partial charge >= 0.3 is 0 Å². The minimum absolute atomic E-state index is 0.863. The number of para-hydroxylation sites is 2. The molecule has 8 aromatic carbocycles. The first-order valence-electron chi connectivity index (χ1n) is 16.9. The van der Waals surface area contributed by atoms with Crippen molar-refractivity contribution >= 4 is 81.1 Å². The molecule has 10 aromatic rings. The molecule has 2 aromatic heterocycles. The average Bonchev–Trinajstić information content (AvgIpc) is 3.71. The number of hydrogen-bond acceptors (Lipinski definition) is 3. The molecule has 4 heteroatoms. The molecule has 0 fully saturated rings. The molecule has 1 aliphatic rings. The third kappa shape index (κ3) is 4.03. The highest BCUT2D eigenvalue weighted by atomic mass is 32.1. The molecule has 0 saturated carbocycles. The molecular formula is C46H28N2OS. The van der Waals surface area contributed by atoms with Crippen molar-refractivity contribution in [2.75, 3.05) is 4.90 Å². The highest BCUT2D eigenvalue weighted by Gasteiger charge is 2.23. The number of benzene rings is 8. The third-order valence-corrected chi connectivity index (χ3v) is 11.3. The van der Waals surface area contributed by atoms with Crippen molar-refractivity contribution < 1.29 is 4.74 Å². The number of rotatable bonds is 4. The van der Waals surface area contributed by atoms with E-state index in [0.29, 0.717) is 0 Å². The van der Waals surface area contributed by atoms with Gasteiger partial charge in [-0.25, -0.2) is 0 Å². The summed E-state index contributed by atoms with van der Waals surface area (Å²) < 4.78 is 11.6. The van der Waals surface area contributed by atoms with E-state index in [0.717, 1.165) is 39.8 Å². The van der Waals surface area contributed by atoms with E-state index in [1.807, 2.05) is 11.3 Å². The van der Waals surface area contributed by atoms with Gasteiger partial charge in [0.05, 0.1) is 11.0 Å². The Morgan fingerprint density at radius 1 is 0.440 bits per heavy atom. The molecule has 0 bridgehead atoms. The van der Waals surface area contributed by atoms with E-state index in [-0.39, 0.29) is 0 Å². The lowest BCUT2D eigenvalue weighted by atomic mass is 9.94. The van der Waals surface area contributed by atoms with Crippen molar-refractivity contribution in [1.82, 2.24) is 4.57 Å². The van der Waals surface area contributed by atoms with Crippen LogP contribution in [0.4, 0.5) is 17.1 Å². The van der Waals surface area contributed by atoms with Gasteiger partial charge in [0.2, 0.25) is 0 Å². The van der Waals surface area contributed by atoms with E-state index in [9.17, 15) is 0 Å². The summed E-state index contributed by atoms with van der Waals surface area (Å²) in [6, 6.07) is 61.3. The lowest BCUT2D eigenvalue weighted by Gasteiger charge is -2.28. The largest absolute Gasteiger partial charge is 0.456 e. The van der Waals surface area contributed by atoms with Gasteiger partial charge in [0, 0.05) is 70.7 Å². The van der Waals surface area contributed by atoms with Crippen LogP contribution in [0.15, 0.2) is 170 Å². The predicted octanol–water partition coefficient (Wildman–Crippen LogP) is 13.5. The van der Waals surface area contributed by atoms with E-state index < -0.39 is 0 Å². The quantitative estimate of drug-likeness (QED) is 0.188. The van der Waals surface area contributed by atoms with Crippen molar-refractivity contribution in [3.8, 4) is 28.3 Å². The van der Waals surface area contributed by atoms with Crippen molar-refractivity contribution in [1.29, 1.82) is 0 Å². The van der Waals surface area contributed by atoms with Crippen molar-refractivity contribution in [2.24, 2.45) is 0 Å². The maximum absolute atomic E-state index is 6.68. The van der Waals surface area contributed by atoms with Crippen LogP contribution in [0.2, 0.25) is 0 Å². The first-order valence-corrected chi connectivity index (χ1v) is 17.7. The number of nitrogens with zero attached hydrogens (tertiary/aromatic N) is 2. The Hall–Kier alpha value is -6.36. The van der Waals surface area contributed by atoms with Gasteiger partial charge in [0.15, 0.2) is 0 Å². The fourth-order valence-corrected chi connectivity index (χ4v) is 9.03. The van der Waals surface area contributed by atoms with Gasteiger partial charge in [-0.15, -0.1) is 11.3 Å². The SMILES string of the molecule is c1ccc(-n2c3ccccc3c3cc(N(c4ccc5c(c4)Oc4cccc6cccc-5c46)c4ccc5sc6ccccc6c5c4)ccc32)cc1. The standard InChI is InChI=1S/C46H28N2OS/c1-2-12-30(13-3-1)48-40-17-6-4-14-34(40)38-26-31(21-24-41(38)48)47(32-22-25-45-39(27-32)36-15-5-7-19-44(36)50-45)33-20-23-35-37-16-8-10-29-11-9-18-42(46(29)37)49-43(35)28-33/h1-28H. The summed E-state index contributed by atoms with van der Waals surface area (Å²) in [5.41, 5.74) is 9.08. The van der Waals surface area contributed by atoms with Gasteiger partial charge in [-0.3, -0.25) is 0 Å². The molecule has 0 unspecified atom stereocenters. The summed E-state index contributed by atoms with van der Waals surface area (Å²) in [6.45, 7) is 0. The Morgan fingerprint density at radius 2 is 1.12 bits per heavy atom. The number of aromatic nitrogens is 1. The minimum atomic E-state index is 0.863. The summed E-state index contributed by atoms with van der Waals surface area (Å²) >= 11 is 1.85. The van der Waals surface area contributed by atoms with Crippen LogP contribution in [0.25, 0.3) is 69.6 Å². The Morgan fingerprint density at radius 3 is 2.02 bits per heavy atom. The fourth-order valence-electron chi connectivity index (χ4n) is 7.95. The molecule has 0 saturated heterocycles. The molecule has 11 rings (SSSR count). The summed E-state index contributed by atoms with van der Waals surface area (Å²) in [4.78, 5) is 2.38. The second-order valence-corrected chi connectivity index (χ2v) is 14.0. The lowest BCUT2D eigenvalue weighted by molar-refractivity contribution is 0.487. The third-order valence-electron chi connectivity index (χ3n) is 10.1. The Bertz CT molecular complexity index is 2970. The van der Waals surface area contributed by atoms with Crippen molar-refractivity contribution in [2.45, 2.75) is 0 Å². The first-order chi connectivity index (χ1) is 24.8. The highest BCUT2D eigenvalue weighted by Crippen LogP contribution is 2.49. The molecule has 50 heavy (non-hydrogen) atoms. The van der Waals surface area contributed by atoms with Gasteiger partial charge in [-0.2, -0.15) is 0 Å². The normalized spacial score (nSPS) is 12.2. The van der Waals surface area contributed by atoms with E-state index in [2.05, 4.69) is 179 Å². The van der Waals surface area contributed by atoms with E-state index in [1.54, 1.807) is 0 Å². The predicted molar refractivity (Wildman–Crippen MR) is 211 cm³/mol. The number of ether oxygens (including phenoxy) is 1. The van der Waals surface area contributed by atoms with Gasteiger partial charge < -0.3 is 14.2 Å². The number of anilines is 3. The van der Waals surface area contributed by atoms with Gasteiger partial charge in [0.25, 0.3) is 0 Å². The second kappa shape index (κ2) is 10.6. The summed E-state index contributed by atoms with van der Waals surface area (Å²) in [5, 5.41) is 7.35. The molecule has 234 valence electrons. The summed E-state index contributed by atoms with van der Waals surface area (Å²) in [6.07, 6.45) is 0. The number of thiophene rings is 1. The van der Waals surface area contributed by atoms with E-state index in [1.165, 1.54) is 58.3 Å². The van der Waals surface area contributed by atoms with Crippen LogP contribution >= 0.6 is 11.3 Å². The molecule has 0 atom stereocenters. The Labute approximate surface area is 292 Å². The monoisotopic (exact) mass is 656 g/mol. The van der Waals surface area contributed by atoms with Gasteiger partial charge in [-0.05, 0) is 89.8 Å². The lowest BCUT2D eigenvalue weighted by Crippen LogP contribution is -2.10. The molecule has 0 radical (unpaired) electrons. The highest BCUT2D eigenvalue weighted by molar-refractivity contribution is 7.25.